The second-order valence-corrected chi connectivity index (χ2v) is 13.8. The number of aliphatic hydroxyl groups is 1. The zero-order valence-corrected chi connectivity index (χ0v) is 23.5. The SMILES string of the molecule is C[C@]12CCC(OCCOCCCN3CCCC3)CC1CC[C@@H]1[C@H]2CC[C@]2(C)C(c3ccoc3)CC[C@@]12O. The van der Waals surface area contributed by atoms with E-state index in [9.17, 15) is 5.11 Å². The van der Waals surface area contributed by atoms with Gasteiger partial charge in [0.05, 0.1) is 37.4 Å². The van der Waals surface area contributed by atoms with Crippen molar-refractivity contribution in [3.8, 4) is 0 Å². The summed E-state index contributed by atoms with van der Waals surface area (Å²) in [7, 11) is 0. The fourth-order valence-electron chi connectivity index (χ4n) is 10.1. The molecule has 1 aliphatic heterocycles. The number of likely N-dealkylation sites (tertiary alicyclic amines) is 1. The fraction of sp³-hybridized carbons (Fsp3) is 0.875. The summed E-state index contributed by atoms with van der Waals surface area (Å²) < 4.78 is 17.7. The van der Waals surface area contributed by atoms with Gasteiger partial charge in [0.1, 0.15) is 0 Å². The van der Waals surface area contributed by atoms with Gasteiger partial charge in [0, 0.05) is 18.6 Å². The molecule has 1 saturated heterocycles. The van der Waals surface area contributed by atoms with Crippen molar-refractivity contribution in [2.45, 2.75) is 109 Å². The first-order chi connectivity index (χ1) is 17.9. The van der Waals surface area contributed by atoms with Gasteiger partial charge in [-0.15, -0.1) is 0 Å². The largest absolute Gasteiger partial charge is 0.472 e. The van der Waals surface area contributed by atoms with E-state index in [0.29, 0.717) is 29.3 Å². The van der Waals surface area contributed by atoms with E-state index in [1.165, 1.54) is 76.6 Å². The molecule has 8 atom stereocenters. The summed E-state index contributed by atoms with van der Waals surface area (Å²) in [6.45, 7) is 11.0. The molecule has 6 rings (SSSR count). The van der Waals surface area contributed by atoms with Gasteiger partial charge in [0.25, 0.3) is 0 Å². The van der Waals surface area contributed by atoms with Gasteiger partial charge >= 0.3 is 0 Å². The molecule has 0 bridgehead atoms. The van der Waals surface area contributed by atoms with Gasteiger partial charge in [0.15, 0.2) is 0 Å². The summed E-state index contributed by atoms with van der Waals surface area (Å²) in [5, 5.41) is 12.4. The molecule has 5 nitrogen and oxygen atoms in total. The first-order valence-corrected chi connectivity index (χ1v) is 15.6. The van der Waals surface area contributed by atoms with E-state index in [1.54, 1.807) is 6.26 Å². The van der Waals surface area contributed by atoms with Crippen molar-refractivity contribution in [2.24, 2.45) is 28.6 Å². The summed E-state index contributed by atoms with van der Waals surface area (Å²) in [6.07, 6.45) is 18.5. The molecule has 0 amide bonds. The maximum Gasteiger partial charge on any atom is 0.0937 e. The molecule has 0 radical (unpaired) electrons. The molecule has 0 spiro atoms. The zero-order valence-electron chi connectivity index (χ0n) is 23.5. The highest BCUT2D eigenvalue weighted by atomic mass is 16.5. The van der Waals surface area contributed by atoms with E-state index in [0.717, 1.165) is 51.4 Å². The first kappa shape index (κ1) is 26.3. The minimum atomic E-state index is -0.536. The third kappa shape index (κ3) is 4.64. The van der Waals surface area contributed by atoms with Crippen LogP contribution >= 0.6 is 0 Å². The van der Waals surface area contributed by atoms with Crippen LogP contribution in [0.2, 0.25) is 0 Å². The third-order valence-electron chi connectivity index (χ3n) is 12.3. The van der Waals surface area contributed by atoms with Crippen LogP contribution in [0.3, 0.4) is 0 Å². The van der Waals surface area contributed by atoms with Crippen molar-refractivity contribution in [2.75, 3.05) is 39.5 Å². The molecular weight excluding hydrogens is 462 g/mol. The van der Waals surface area contributed by atoms with Crippen molar-refractivity contribution in [1.29, 1.82) is 0 Å². The number of hydrogen-bond acceptors (Lipinski definition) is 5. The van der Waals surface area contributed by atoms with E-state index < -0.39 is 5.60 Å². The summed E-state index contributed by atoms with van der Waals surface area (Å²) in [4.78, 5) is 2.56. The minimum Gasteiger partial charge on any atom is -0.472 e. The lowest BCUT2D eigenvalue weighted by Gasteiger charge is -2.63. The standard InChI is InChI=1S/C32H51NO4/c1-30-12-8-26(37-21-20-35-18-5-17-33-15-3-4-16-33)22-25(30)6-7-29-28(30)9-13-31(2)27(10-14-32(29,31)34)24-11-19-36-23-24/h11,19,23,25-29,34H,3-10,12-18,20-22H2,1-2H3/t25?,26?,27?,28-,29-,30+,31-,32-/m1/s1. The van der Waals surface area contributed by atoms with E-state index in [2.05, 4.69) is 24.8 Å². The molecule has 3 unspecified atom stereocenters. The first-order valence-electron chi connectivity index (χ1n) is 15.6. The van der Waals surface area contributed by atoms with Crippen molar-refractivity contribution >= 4 is 0 Å². The van der Waals surface area contributed by atoms with Crippen LogP contribution in [0, 0.1) is 28.6 Å². The highest BCUT2D eigenvalue weighted by molar-refractivity contribution is 5.26. The van der Waals surface area contributed by atoms with Crippen LogP contribution in [0.5, 0.6) is 0 Å². The van der Waals surface area contributed by atoms with E-state index >= 15 is 0 Å². The Hall–Kier alpha value is -0.880. The predicted octanol–water partition coefficient (Wildman–Crippen LogP) is 6.41. The molecular formula is C32H51NO4. The lowest BCUT2D eigenvalue weighted by atomic mass is 9.43. The Kier molecular flexibility index (Phi) is 7.54. The van der Waals surface area contributed by atoms with Crippen molar-refractivity contribution in [3.63, 3.8) is 0 Å². The van der Waals surface area contributed by atoms with Gasteiger partial charge in [-0.25, -0.2) is 0 Å². The normalized spacial score (nSPS) is 43.9. The smallest absolute Gasteiger partial charge is 0.0937 e. The van der Waals surface area contributed by atoms with Crippen LogP contribution in [0.4, 0.5) is 0 Å². The Morgan fingerprint density at radius 3 is 2.65 bits per heavy atom. The number of furan rings is 1. The third-order valence-corrected chi connectivity index (χ3v) is 12.3. The molecule has 4 saturated carbocycles. The van der Waals surface area contributed by atoms with E-state index in [4.69, 9.17) is 13.9 Å². The molecule has 208 valence electrons. The number of hydrogen-bond donors (Lipinski definition) is 1. The average molecular weight is 514 g/mol. The average Bonchev–Trinajstić information content (AvgIpc) is 3.65. The molecule has 4 aliphatic carbocycles. The number of rotatable bonds is 9. The van der Waals surface area contributed by atoms with Crippen LogP contribution < -0.4 is 0 Å². The van der Waals surface area contributed by atoms with Crippen molar-refractivity contribution < 1.29 is 19.0 Å². The Bertz CT molecular complexity index is 883. The van der Waals surface area contributed by atoms with Crippen molar-refractivity contribution in [1.82, 2.24) is 4.90 Å². The maximum absolute atomic E-state index is 12.4. The van der Waals surface area contributed by atoms with Gasteiger partial charge < -0.3 is 23.9 Å². The summed E-state index contributed by atoms with van der Waals surface area (Å²) in [6, 6.07) is 2.13. The minimum absolute atomic E-state index is 0.0317. The number of nitrogens with zero attached hydrogens (tertiary/aromatic N) is 1. The Labute approximate surface area is 224 Å². The monoisotopic (exact) mass is 513 g/mol. The highest BCUT2D eigenvalue weighted by Gasteiger charge is 2.67. The number of fused-ring (bicyclic) bond motifs is 5. The summed E-state index contributed by atoms with van der Waals surface area (Å²) in [5.41, 5.74) is 1.08. The van der Waals surface area contributed by atoms with Crippen LogP contribution in [0.1, 0.15) is 102 Å². The van der Waals surface area contributed by atoms with Crippen LogP contribution in [-0.2, 0) is 9.47 Å². The van der Waals surface area contributed by atoms with Crippen LogP contribution in [-0.4, -0.2) is 61.2 Å². The number of ether oxygens (including phenoxy) is 2. The van der Waals surface area contributed by atoms with Gasteiger partial charge in [-0.1, -0.05) is 13.8 Å². The highest BCUT2D eigenvalue weighted by Crippen LogP contribution is 2.70. The predicted molar refractivity (Wildman–Crippen MR) is 145 cm³/mol. The Balaban J connectivity index is 1.00. The lowest BCUT2D eigenvalue weighted by Crippen LogP contribution is -2.62. The maximum atomic E-state index is 12.4. The van der Waals surface area contributed by atoms with Gasteiger partial charge in [-0.3, -0.25) is 0 Å². The second-order valence-electron chi connectivity index (χ2n) is 13.8. The van der Waals surface area contributed by atoms with Crippen LogP contribution in [0.25, 0.3) is 0 Å². The molecule has 0 aromatic carbocycles. The zero-order chi connectivity index (χ0) is 25.5. The molecule has 2 heterocycles. The molecule has 37 heavy (non-hydrogen) atoms. The molecule has 5 aliphatic rings. The van der Waals surface area contributed by atoms with Crippen molar-refractivity contribution in [3.05, 3.63) is 24.2 Å². The summed E-state index contributed by atoms with van der Waals surface area (Å²) in [5.74, 6) is 2.24. The molecule has 1 aromatic heterocycles. The van der Waals surface area contributed by atoms with Crippen LogP contribution in [0.15, 0.2) is 23.0 Å². The quantitative estimate of drug-likeness (QED) is 0.387. The van der Waals surface area contributed by atoms with Gasteiger partial charge in [-0.2, -0.15) is 0 Å². The summed E-state index contributed by atoms with van der Waals surface area (Å²) >= 11 is 0. The van der Waals surface area contributed by atoms with E-state index in [1.807, 2.05) is 6.26 Å². The molecule has 1 N–H and O–H groups in total. The lowest BCUT2D eigenvalue weighted by molar-refractivity contribution is -0.207. The Morgan fingerprint density at radius 1 is 0.973 bits per heavy atom. The molecule has 5 heteroatoms. The van der Waals surface area contributed by atoms with Gasteiger partial charge in [-0.05, 0) is 131 Å². The Morgan fingerprint density at radius 2 is 1.84 bits per heavy atom. The second kappa shape index (κ2) is 10.6. The molecule has 1 aromatic rings. The van der Waals surface area contributed by atoms with Gasteiger partial charge in [0.2, 0.25) is 0 Å². The fourth-order valence-corrected chi connectivity index (χ4v) is 10.1. The topological polar surface area (TPSA) is 55.1 Å². The van der Waals surface area contributed by atoms with E-state index in [-0.39, 0.29) is 5.41 Å². The molecule has 5 fully saturated rings.